The van der Waals surface area contributed by atoms with E-state index in [1.807, 2.05) is 0 Å². The molecule has 0 radical (unpaired) electrons. The van der Waals surface area contributed by atoms with Crippen LogP contribution in [0.15, 0.2) is 12.2 Å². The molecule has 3 aliphatic carbocycles. The number of esters is 1. The second kappa shape index (κ2) is 2.85. The van der Waals surface area contributed by atoms with Crippen molar-refractivity contribution in [1.29, 1.82) is 0 Å². The molecule has 0 spiro atoms. The summed E-state index contributed by atoms with van der Waals surface area (Å²) in [6, 6.07) is 0. The lowest BCUT2D eigenvalue weighted by Crippen LogP contribution is -2.27. The molecule has 2 heteroatoms. The zero-order valence-electron chi connectivity index (χ0n) is 8.48. The Kier molecular flexibility index (Phi) is 1.73. The maximum Gasteiger partial charge on any atom is 0.302 e. The SMILES string of the molecule is CC(=O)O[C@H]1CC[C@H]2[C@@H]1[C@H]1C=C[C@@H]2C1. The van der Waals surface area contributed by atoms with Crippen molar-refractivity contribution in [2.24, 2.45) is 23.7 Å². The first-order valence-corrected chi connectivity index (χ1v) is 5.61. The Morgan fingerprint density at radius 2 is 2.07 bits per heavy atom. The minimum absolute atomic E-state index is 0.109. The van der Waals surface area contributed by atoms with Gasteiger partial charge in [0, 0.05) is 12.8 Å². The lowest BCUT2D eigenvalue weighted by molar-refractivity contribution is -0.148. The Hall–Kier alpha value is -0.790. The normalized spacial score (nSPS) is 48.2. The van der Waals surface area contributed by atoms with Gasteiger partial charge in [-0.15, -0.1) is 0 Å². The van der Waals surface area contributed by atoms with Crippen molar-refractivity contribution >= 4 is 5.97 Å². The largest absolute Gasteiger partial charge is 0.462 e. The molecule has 14 heavy (non-hydrogen) atoms. The molecule has 2 bridgehead atoms. The van der Waals surface area contributed by atoms with Crippen LogP contribution in [-0.4, -0.2) is 12.1 Å². The van der Waals surface area contributed by atoms with Gasteiger partial charge < -0.3 is 4.74 Å². The maximum atomic E-state index is 11.0. The fourth-order valence-corrected chi connectivity index (χ4v) is 3.82. The van der Waals surface area contributed by atoms with Crippen LogP contribution in [0.4, 0.5) is 0 Å². The summed E-state index contributed by atoms with van der Waals surface area (Å²) < 4.78 is 5.40. The molecule has 0 unspecified atom stereocenters. The molecule has 0 saturated heterocycles. The number of ether oxygens (including phenoxy) is 1. The summed E-state index contributed by atoms with van der Waals surface area (Å²) in [6.45, 7) is 1.52. The summed E-state index contributed by atoms with van der Waals surface area (Å²) in [7, 11) is 0. The number of allylic oxidation sites excluding steroid dienone is 2. The highest BCUT2D eigenvalue weighted by Crippen LogP contribution is 2.56. The van der Waals surface area contributed by atoms with E-state index in [9.17, 15) is 4.79 Å². The molecule has 2 saturated carbocycles. The highest BCUT2D eigenvalue weighted by Gasteiger charge is 2.52. The second-order valence-corrected chi connectivity index (χ2v) is 4.91. The number of fused-ring (bicyclic) bond motifs is 5. The minimum Gasteiger partial charge on any atom is -0.462 e. The van der Waals surface area contributed by atoms with Crippen LogP contribution in [0.5, 0.6) is 0 Å². The Morgan fingerprint density at radius 3 is 2.86 bits per heavy atom. The Morgan fingerprint density at radius 1 is 1.29 bits per heavy atom. The number of carbonyl (C=O) groups excluding carboxylic acids is 1. The number of carbonyl (C=O) groups is 1. The summed E-state index contributed by atoms with van der Waals surface area (Å²) in [5.41, 5.74) is 0. The van der Waals surface area contributed by atoms with E-state index < -0.39 is 0 Å². The first kappa shape index (κ1) is 8.51. The Labute approximate surface area is 84.3 Å². The predicted octanol–water partition coefficient (Wildman–Crippen LogP) is 2.15. The maximum absolute atomic E-state index is 11.0. The lowest BCUT2D eigenvalue weighted by Gasteiger charge is -2.25. The van der Waals surface area contributed by atoms with Gasteiger partial charge in [-0.2, -0.15) is 0 Å². The fraction of sp³-hybridized carbons (Fsp3) is 0.750. The van der Waals surface area contributed by atoms with Gasteiger partial charge in [0.15, 0.2) is 0 Å². The van der Waals surface area contributed by atoms with Crippen molar-refractivity contribution in [2.45, 2.75) is 32.3 Å². The minimum atomic E-state index is -0.109. The van der Waals surface area contributed by atoms with Gasteiger partial charge in [0.2, 0.25) is 0 Å². The molecular weight excluding hydrogens is 176 g/mol. The lowest BCUT2D eigenvalue weighted by atomic mass is 9.85. The van der Waals surface area contributed by atoms with E-state index in [0.717, 1.165) is 18.3 Å². The molecule has 5 atom stereocenters. The summed E-state index contributed by atoms with van der Waals surface area (Å²) in [5, 5.41) is 0. The molecule has 0 amide bonds. The molecule has 0 heterocycles. The molecule has 0 aromatic heterocycles. The van der Waals surface area contributed by atoms with Crippen LogP contribution in [0.2, 0.25) is 0 Å². The van der Waals surface area contributed by atoms with Gasteiger partial charge in [-0.25, -0.2) is 0 Å². The molecule has 2 nitrogen and oxygen atoms in total. The Balaban J connectivity index is 1.79. The van der Waals surface area contributed by atoms with E-state index in [2.05, 4.69) is 12.2 Å². The third-order valence-electron chi connectivity index (χ3n) is 4.22. The zero-order valence-corrected chi connectivity index (χ0v) is 8.48. The van der Waals surface area contributed by atoms with Crippen LogP contribution in [0, 0.1) is 23.7 Å². The van der Waals surface area contributed by atoms with Crippen LogP contribution in [0.25, 0.3) is 0 Å². The predicted molar refractivity (Wildman–Crippen MR) is 52.5 cm³/mol. The quantitative estimate of drug-likeness (QED) is 0.470. The van der Waals surface area contributed by atoms with Crippen molar-refractivity contribution in [3.05, 3.63) is 12.2 Å². The summed E-state index contributed by atoms with van der Waals surface area (Å²) in [4.78, 5) is 11.0. The fourth-order valence-electron chi connectivity index (χ4n) is 3.82. The van der Waals surface area contributed by atoms with Gasteiger partial charge in [-0.3, -0.25) is 4.79 Å². The van der Waals surface area contributed by atoms with E-state index in [1.54, 1.807) is 0 Å². The van der Waals surface area contributed by atoms with Crippen molar-refractivity contribution in [1.82, 2.24) is 0 Å². The Bertz CT molecular complexity index is 295. The number of hydrogen-bond donors (Lipinski definition) is 0. The van der Waals surface area contributed by atoms with Gasteiger partial charge in [0.05, 0.1) is 0 Å². The first-order chi connectivity index (χ1) is 6.75. The van der Waals surface area contributed by atoms with Crippen LogP contribution in [0.3, 0.4) is 0 Å². The molecule has 0 N–H and O–H groups in total. The average Bonchev–Trinajstić information content (AvgIpc) is 2.74. The van der Waals surface area contributed by atoms with Crippen molar-refractivity contribution in [3.8, 4) is 0 Å². The first-order valence-electron chi connectivity index (χ1n) is 5.61. The summed E-state index contributed by atoms with van der Waals surface area (Å²) in [6.07, 6.45) is 8.60. The smallest absolute Gasteiger partial charge is 0.302 e. The monoisotopic (exact) mass is 192 g/mol. The summed E-state index contributed by atoms with van der Waals surface area (Å²) >= 11 is 0. The molecule has 0 aromatic rings. The third kappa shape index (κ3) is 1.06. The molecule has 0 aliphatic heterocycles. The van der Waals surface area contributed by atoms with Crippen molar-refractivity contribution in [2.75, 3.05) is 0 Å². The van der Waals surface area contributed by atoms with Crippen LogP contribution in [0.1, 0.15) is 26.2 Å². The number of rotatable bonds is 1. The van der Waals surface area contributed by atoms with Gasteiger partial charge >= 0.3 is 5.97 Å². The van der Waals surface area contributed by atoms with E-state index in [0.29, 0.717) is 11.8 Å². The van der Waals surface area contributed by atoms with Gasteiger partial charge in [-0.1, -0.05) is 12.2 Å². The third-order valence-corrected chi connectivity index (χ3v) is 4.22. The standard InChI is InChI=1S/C12H16O2/c1-7(13)14-11-5-4-10-8-2-3-9(6-8)12(10)11/h2-3,8-12H,4-6H2,1H3/t8-,9+,10-,11+,12+/m1/s1. The van der Waals surface area contributed by atoms with Crippen LogP contribution in [-0.2, 0) is 9.53 Å². The molecule has 3 rings (SSSR count). The van der Waals surface area contributed by atoms with Crippen molar-refractivity contribution < 1.29 is 9.53 Å². The highest BCUT2D eigenvalue weighted by molar-refractivity contribution is 5.66. The summed E-state index contributed by atoms with van der Waals surface area (Å²) in [5.74, 6) is 2.85. The van der Waals surface area contributed by atoms with E-state index in [-0.39, 0.29) is 12.1 Å². The topological polar surface area (TPSA) is 26.3 Å². The van der Waals surface area contributed by atoms with Crippen LogP contribution < -0.4 is 0 Å². The van der Waals surface area contributed by atoms with Gasteiger partial charge in [-0.05, 0) is 37.0 Å². The van der Waals surface area contributed by atoms with E-state index in [4.69, 9.17) is 4.74 Å². The number of hydrogen-bond acceptors (Lipinski definition) is 2. The zero-order chi connectivity index (χ0) is 9.71. The van der Waals surface area contributed by atoms with E-state index >= 15 is 0 Å². The van der Waals surface area contributed by atoms with Gasteiger partial charge in [0.25, 0.3) is 0 Å². The molecule has 0 aromatic carbocycles. The second-order valence-electron chi connectivity index (χ2n) is 4.91. The van der Waals surface area contributed by atoms with Crippen molar-refractivity contribution in [3.63, 3.8) is 0 Å². The molecule has 3 aliphatic rings. The molecule has 2 fully saturated rings. The van der Waals surface area contributed by atoms with Gasteiger partial charge in [0.1, 0.15) is 6.10 Å². The average molecular weight is 192 g/mol. The highest BCUT2D eigenvalue weighted by atomic mass is 16.5. The molecule has 76 valence electrons. The van der Waals surface area contributed by atoms with E-state index in [1.165, 1.54) is 19.8 Å². The molecular formula is C12H16O2. The van der Waals surface area contributed by atoms with Crippen LogP contribution >= 0.6 is 0 Å².